The van der Waals surface area contributed by atoms with Crippen molar-refractivity contribution in [2.24, 2.45) is 5.41 Å². The molecule has 0 amide bonds. The van der Waals surface area contributed by atoms with Crippen molar-refractivity contribution in [1.82, 2.24) is 0 Å². The fourth-order valence-corrected chi connectivity index (χ4v) is 2.01. The van der Waals surface area contributed by atoms with E-state index in [1.807, 2.05) is 45.0 Å². The molecule has 94 valence electrons. The van der Waals surface area contributed by atoms with Crippen LogP contribution in [0.2, 0.25) is 0 Å². The van der Waals surface area contributed by atoms with Crippen molar-refractivity contribution in [1.29, 1.82) is 0 Å². The Hall–Kier alpha value is -1.51. The van der Waals surface area contributed by atoms with E-state index in [4.69, 9.17) is 9.84 Å². The first-order valence-corrected chi connectivity index (χ1v) is 5.71. The molecule has 1 rings (SSSR count). The standard InChI is InChI=1S/C14H20O3/c1-14(2,3)11(9-13(15)16)10-7-5-6-8-12(10)17-4/h5-8,11H,9H2,1-4H3,(H,15,16). The zero-order valence-electron chi connectivity index (χ0n) is 10.9. The van der Waals surface area contributed by atoms with Crippen molar-refractivity contribution >= 4 is 5.97 Å². The van der Waals surface area contributed by atoms with Gasteiger partial charge < -0.3 is 9.84 Å². The third kappa shape index (κ3) is 3.48. The molecule has 0 aromatic heterocycles. The van der Waals surface area contributed by atoms with E-state index < -0.39 is 5.97 Å². The summed E-state index contributed by atoms with van der Waals surface area (Å²) in [6.07, 6.45) is 0.115. The van der Waals surface area contributed by atoms with E-state index in [1.165, 1.54) is 0 Å². The molecule has 1 aromatic carbocycles. The van der Waals surface area contributed by atoms with Crippen LogP contribution in [0.1, 0.15) is 38.7 Å². The molecule has 17 heavy (non-hydrogen) atoms. The van der Waals surface area contributed by atoms with Gasteiger partial charge >= 0.3 is 5.97 Å². The summed E-state index contributed by atoms with van der Waals surface area (Å²) in [4.78, 5) is 11.0. The highest BCUT2D eigenvalue weighted by Crippen LogP contribution is 2.41. The first-order chi connectivity index (χ1) is 7.86. The largest absolute Gasteiger partial charge is 0.496 e. The molecular formula is C14H20O3. The molecule has 0 saturated heterocycles. The van der Waals surface area contributed by atoms with Crippen LogP contribution in [-0.2, 0) is 4.79 Å². The smallest absolute Gasteiger partial charge is 0.303 e. The van der Waals surface area contributed by atoms with Crippen LogP contribution in [0.25, 0.3) is 0 Å². The average Bonchev–Trinajstić information content (AvgIpc) is 2.24. The van der Waals surface area contributed by atoms with Crippen molar-refractivity contribution < 1.29 is 14.6 Å². The summed E-state index contributed by atoms with van der Waals surface area (Å²) < 4.78 is 5.31. The summed E-state index contributed by atoms with van der Waals surface area (Å²) in [5.41, 5.74) is 0.845. The van der Waals surface area contributed by atoms with E-state index in [2.05, 4.69) is 0 Å². The first-order valence-electron chi connectivity index (χ1n) is 5.71. The fourth-order valence-electron chi connectivity index (χ4n) is 2.01. The Kier molecular flexibility index (Phi) is 4.16. The number of para-hydroxylation sites is 1. The summed E-state index contributed by atoms with van der Waals surface area (Å²) in [7, 11) is 1.61. The number of rotatable bonds is 4. The summed E-state index contributed by atoms with van der Waals surface area (Å²) in [6, 6.07) is 7.62. The lowest BCUT2D eigenvalue weighted by molar-refractivity contribution is -0.138. The summed E-state index contributed by atoms with van der Waals surface area (Å²) in [5, 5.41) is 9.03. The number of methoxy groups -OCH3 is 1. The van der Waals surface area contributed by atoms with Crippen LogP contribution >= 0.6 is 0 Å². The second kappa shape index (κ2) is 5.21. The van der Waals surface area contributed by atoms with Crippen molar-refractivity contribution in [2.45, 2.75) is 33.1 Å². The number of benzene rings is 1. The van der Waals surface area contributed by atoms with Crippen molar-refractivity contribution in [3.63, 3.8) is 0 Å². The molecular weight excluding hydrogens is 216 g/mol. The molecule has 3 heteroatoms. The van der Waals surface area contributed by atoms with Gasteiger partial charge in [0.15, 0.2) is 0 Å². The monoisotopic (exact) mass is 236 g/mol. The molecule has 1 atom stereocenters. The maximum Gasteiger partial charge on any atom is 0.303 e. The number of aliphatic carboxylic acids is 1. The number of hydrogen-bond donors (Lipinski definition) is 1. The number of ether oxygens (including phenoxy) is 1. The lowest BCUT2D eigenvalue weighted by Gasteiger charge is -2.31. The molecule has 0 aliphatic heterocycles. The Bertz CT molecular complexity index is 391. The molecule has 0 saturated carbocycles. The van der Waals surface area contributed by atoms with Crippen LogP contribution in [0.4, 0.5) is 0 Å². The van der Waals surface area contributed by atoms with Gasteiger partial charge in [-0.25, -0.2) is 0 Å². The highest BCUT2D eigenvalue weighted by molar-refractivity contribution is 5.68. The van der Waals surface area contributed by atoms with Gasteiger partial charge in [0.25, 0.3) is 0 Å². The van der Waals surface area contributed by atoms with Gasteiger partial charge in [-0.3, -0.25) is 4.79 Å². The van der Waals surface area contributed by atoms with E-state index in [0.29, 0.717) is 0 Å². The fraction of sp³-hybridized carbons (Fsp3) is 0.500. The Balaban J connectivity index is 3.17. The number of carboxylic acids is 1. The molecule has 0 bridgehead atoms. The first kappa shape index (κ1) is 13.6. The summed E-state index contributed by atoms with van der Waals surface area (Å²) in [6.45, 7) is 6.15. The molecule has 3 nitrogen and oxygen atoms in total. The number of hydrogen-bond acceptors (Lipinski definition) is 2. The van der Waals surface area contributed by atoms with Gasteiger partial charge in [-0.15, -0.1) is 0 Å². The maximum absolute atomic E-state index is 11.0. The zero-order chi connectivity index (χ0) is 13.1. The number of carbonyl (C=O) groups is 1. The topological polar surface area (TPSA) is 46.5 Å². The van der Waals surface area contributed by atoms with Gasteiger partial charge in [0.2, 0.25) is 0 Å². The maximum atomic E-state index is 11.0. The van der Waals surface area contributed by atoms with Gasteiger partial charge in [0.05, 0.1) is 13.5 Å². The SMILES string of the molecule is COc1ccccc1C(CC(=O)O)C(C)(C)C. The van der Waals surface area contributed by atoms with Crippen LogP contribution < -0.4 is 4.74 Å². The molecule has 1 N–H and O–H groups in total. The predicted molar refractivity (Wildman–Crippen MR) is 67.4 cm³/mol. The van der Waals surface area contributed by atoms with Crippen LogP contribution in [0.3, 0.4) is 0 Å². The predicted octanol–water partition coefficient (Wildman–Crippen LogP) is 3.30. The van der Waals surface area contributed by atoms with E-state index in [0.717, 1.165) is 11.3 Å². The summed E-state index contributed by atoms with van der Waals surface area (Å²) >= 11 is 0. The van der Waals surface area contributed by atoms with Gasteiger partial charge in [-0.1, -0.05) is 39.0 Å². The molecule has 1 aromatic rings. The molecule has 0 heterocycles. The summed E-state index contributed by atoms with van der Waals surface area (Å²) in [5.74, 6) is -0.0827. The minimum Gasteiger partial charge on any atom is -0.496 e. The minimum absolute atomic E-state index is 0.0591. The molecule has 0 aliphatic rings. The lowest BCUT2D eigenvalue weighted by Crippen LogP contribution is -2.22. The van der Waals surface area contributed by atoms with Crippen LogP contribution in [-0.4, -0.2) is 18.2 Å². The Labute approximate surface area is 102 Å². The lowest BCUT2D eigenvalue weighted by atomic mass is 9.74. The third-order valence-electron chi connectivity index (χ3n) is 2.94. The van der Waals surface area contributed by atoms with Gasteiger partial charge in [-0.05, 0) is 17.0 Å². The van der Waals surface area contributed by atoms with Gasteiger partial charge in [-0.2, -0.15) is 0 Å². The van der Waals surface area contributed by atoms with E-state index in [1.54, 1.807) is 7.11 Å². The Morgan fingerprint density at radius 2 is 1.94 bits per heavy atom. The van der Waals surface area contributed by atoms with Crippen LogP contribution in [0.5, 0.6) is 5.75 Å². The number of carboxylic acid groups (broad SMARTS) is 1. The molecule has 0 aliphatic carbocycles. The van der Waals surface area contributed by atoms with E-state index in [-0.39, 0.29) is 17.8 Å². The van der Waals surface area contributed by atoms with Gasteiger partial charge in [0.1, 0.15) is 5.75 Å². The highest BCUT2D eigenvalue weighted by atomic mass is 16.5. The Morgan fingerprint density at radius 1 is 1.35 bits per heavy atom. The molecule has 0 spiro atoms. The molecule has 1 unspecified atom stereocenters. The highest BCUT2D eigenvalue weighted by Gasteiger charge is 2.30. The minimum atomic E-state index is -0.782. The average molecular weight is 236 g/mol. The van der Waals surface area contributed by atoms with Crippen LogP contribution in [0.15, 0.2) is 24.3 Å². The van der Waals surface area contributed by atoms with E-state index in [9.17, 15) is 4.79 Å². The van der Waals surface area contributed by atoms with Crippen molar-refractivity contribution in [3.05, 3.63) is 29.8 Å². The van der Waals surface area contributed by atoms with Crippen molar-refractivity contribution in [3.8, 4) is 5.75 Å². The van der Waals surface area contributed by atoms with Crippen molar-refractivity contribution in [2.75, 3.05) is 7.11 Å². The molecule has 0 fully saturated rings. The van der Waals surface area contributed by atoms with E-state index >= 15 is 0 Å². The zero-order valence-corrected chi connectivity index (χ0v) is 10.9. The second-order valence-corrected chi connectivity index (χ2v) is 5.26. The van der Waals surface area contributed by atoms with Gasteiger partial charge in [0, 0.05) is 5.92 Å². The van der Waals surface area contributed by atoms with Crippen LogP contribution in [0, 0.1) is 5.41 Å². The second-order valence-electron chi connectivity index (χ2n) is 5.26. The normalized spacial score (nSPS) is 13.2. The molecule has 0 radical (unpaired) electrons. The third-order valence-corrected chi connectivity index (χ3v) is 2.94. The quantitative estimate of drug-likeness (QED) is 0.872. The Morgan fingerprint density at radius 3 is 2.41 bits per heavy atom.